The van der Waals surface area contributed by atoms with Crippen LogP contribution in [0, 0.1) is 0 Å². The minimum absolute atomic E-state index is 0.191. The lowest BCUT2D eigenvalue weighted by atomic mass is 10.1. The van der Waals surface area contributed by atoms with Gasteiger partial charge in [0.25, 0.3) is 0 Å². The van der Waals surface area contributed by atoms with Gasteiger partial charge in [-0.1, -0.05) is 47.1 Å². The average Bonchev–Trinajstić information content (AvgIpc) is 3.25. The molecule has 26 heavy (non-hydrogen) atoms. The second-order valence-electron chi connectivity index (χ2n) is 6.05. The third-order valence-electron chi connectivity index (χ3n) is 4.26. The minimum atomic E-state index is -1.53. The van der Waals surface area contributed by atoms with Crippen LogP contribution in [0.25, 0.3) is 20.2 Å². The van der Waals surface area contributed by atoms with E-state index in [0.717, 1.165) is 24.6 Å². The summed E-state index contributed by atoms with van der Waals surface area (Å²) in [6.45, 7) is 1.78. The Hall–Kier alpha value is -1.73. The first-order valence-electron chi connectivity index (χ1n) is 8.21. The number of amides is 1. The molecule has 0 bridgehead atoms. The fourth-order valence-electron chi connectivity index (χ4n) is 2.88. The molecule has 6 heteroatoms. The molecule has 0 aliphatic rings. The molecule has 132 valence electrons. The van der Waals surface area contributed by atoms with Crippen molar-refractivity contribution in [1.82, 2.24) is 5.32 Å². The van der Waals surface area contributed by atoms with Gasteiger partial charge < -0.3 is 10.4 Å². The second kappa shape index (κ2) is 6.78. The number of carbonyl (C=O) groups excluding carboxylic acids is 1. The highest BCUT2D eigenvalue weighted by Crippen LogP contribution is 2.41. The van der Waals surface area contributed by atoms with Crippen LogP contribution in [-0.4, -0.2) is 11.0 Å². The average molecular weight is 446 g/mol. The van der Waals surface area contributed by atoms with Crippen LogP contribution in [0.5, 0.6) is 0 Å². The van der Waals surface area contributed by atoms with E-state index in [-0.39, 0.29) is 5.91 Å². The summed E-state index contributed by atoms with van der Waals surface area (Å²) in [6.07, 6.45) is 0.309. The number of hydrogen-bond donors (Lipinski definition) is 2. The molecule has 1 atom stereocenters. The summed E-state index contributed by atoms with van der Waals surface area (Å²) in [7, 11) is 0. The number of thiophene rings is 2. The minimum Gasteiger partial charge on any atom is -0.362 e. The Morgan fingerprint density at radius 2 is 1.69 bits per heavy atom. The zero-order chi connectivity index (χ0) is 18.3. The lowest BCUT2D eigenvalue weighted by Gasteiger charge is -2.27. The Morgan fingerprint density at radius 3 is 2.38 bits per heavy atom. The summed E-state index contributed by atoms with van der Waals surface area (Å²) in [5.41, 5.74) is -1.53. The lowest BCUT2D eigenvalue weighted by molar-refractivity contribution is -0.126. The summed E-state index contributed by atoms with van der Waals surface area (Å²) in [6, 6.07) is 17.9. The Labute approximate surface area is 167 Å². The van der Waals surface area contributed by atoms with Crippen molar-refractivity contribution in [3.63, 3.8) is 0 Å². The lowest BCUT2D eigenvalue weighted by Crippen LogP contribution is -2.45. The molecular formula is C20H16BrNO2S2. The van der Waals surface area contributed by atoms with Gasteiger partial charge in [-0.3, -0.25) is 4.79 Å². The third kappa shape index (κ3) is 3.07. The monoisotopic (exact) mass is 445 g/mol. The van der Waals surface area contributed by atoms with E-state index in [0.29, 0.717) is 16.2 Å². The molecular weight excluding hydrogens is 430 g/mol. The van der Waals surface area contributed by atoms with Crippen molar-refractivity contribution in [3.05, 3.63) is 68.8 Å². The predicted molar refractivity (Wildman–Crippen MR) is 113 cm³/mol. The SMILES string of the molecule is CCC(=O)NC(O)(c1cc2ccccc2s1)c1cc2ccc(Br)cc2s1. The number of hydrogen-bond acceptors (Lipinski definition) is 4. The first-order valence-corrected chi connectivity index (χ1v) is 10.6. The van der Waals surface area contributed by atoms with Crippen LogP contribution in [0.1, 0.15) is 23.1 Å². The third-order valence-corrected chi connectivity index (χ3v) is 7.19. The van der Waals surface area contributed by atoms with Crippen LogP contribution in [0.2, 0.25) is 0 Å². The summed E-state index contributed by atoms with van der Waals surface area (Å²) in [5, 5.41) is 16.5. The van der Waals surface area contributed by atoms with Crippen molar-refractivity contribution >= 4 is 64.7 Å². The van der Waals surface area contributed by atoms with Gasteiger partial charge in [0.15, 0.2) is 0 Å². The molecule has 2 aromatic heterocycles. The second-order valence-corrected chi connectivity index (χ2v) is 9.14. The van der Waals surface area contributed by atoms with Crippen molar-refractivity contribution < 1.29 is 9.90 Å². The van der Waals surface area contributed by atoms with Gasteiger partial charge >= 0.3 is 0 Å². The molecule has 0 spiro atoms. The maximum Gasteiger partial charge on any atom is 0.222 e. The van der Waals surface area contributed by atoms with Crippen LogP contribution in [-0.2, 0) is 10.5 Å². The number of fused-ring (bicyclic) bond motifs is 2. The van der Waals surface area contributed by atoms with Gasteiger partial charge in [0.1, 0.15) is 0 Å². The number of halogens is 1. The summed E-state index contributed by atoms with van der Waals surface area (Å²) in [4.78, 5) is 13.6. The standard InChI is InChI=1S/C20H16BrNO2S2/c1-2-19(23)22-20(24,17-9-12-5-3-4-6-15(12)25-17)18-10-13-7-8-14(21)11-16(13)26-18/h3-11,24H,2H2,1H3,(H,22,23). The van der Waals surface area contributed by atoms with Gasteiger partial charge in [0, 0.05) is 20.3 Å². The Kier molecular flexibility index (Phi) is 4.61. The van der Waals surface area contributed by atoms with E-state index in [4.69, 9.17) is 0 Å². The Bertz CT molecular complexity index is 1080. The van der Waals surface area contributed by atoms with Crippen LogP contribution < -0.4 is 5.32 Å². The van der Waals surface area contributed by atoms with Crippen molar-refractivity contribution in [3.8, 4) is 0 Å². The van der Waals surface area contributed by atoms with E-state index < -0.39 is 5.72 Å². The molecule has 3 nitrogen and oxygen atoms in total. The van der Waals surface area contributed by atoms with Crippen LogP contribution in [0.15, 0.2) is 59.1 Å². The molecule has 0 aliphatic carbocycles. The van der Waals surface area contributed by atoms with E-state index in [2.05, 4.69) is 21.2 Å². The van der Waals surface area contributed by atoms with Crippen LogP contribution in [0.3, 0.4) is 0 Å². The molecule has 0 aliphatic heterocycles. The number of rotatable bonds is 4. The predicted octanol–water partition coefficient (Wildman–Crippen LogP) is 5.60. The summed E-state index contributed by atoms with van der Waals surface area (Å²) >= 11 is 6.47. The van der Waals surface area contributed by atoms with E-state index >= 15 is 0 Å². The van der Waals surface area contributed by atoms with Gasteiger partial charge in [-0.25, -0.2) is 0 Å². The van der Waals surface area contributed by atoms with E-state index in [1.54, 1.807) is 6.92 Å². The topological polar surface area (TPSA) is 49.3 Å². The fourth-order valence-corrected chi connectivity index (χ4v) is 5.74. The van der Waals surface area contributed by atoms with Gasteiger partial charge in [0.2, 0.25) is 11.6 Å². The van der Waals surface area contributed by atoms with Crippen molar-refractivity contribution in [1.29, 1.82) is 0 Å². The highest BCUT2D eigenvalue weighted by molar-refractivity contribution is 9.10. The van der Waals surface area contributed by atoms with Crippen molar-refractivity contribution in [2.45, 2.75) is 19.1 Å². The molecule has 2 aromatic carbocycles. The van der Waals surface area contributed by atoms with Gasteiger partial charge in [-0.05, 0) is 41.1 Å². The smallest absolute Gasteiger partial charge is 0.222 e. The Morgan fingerprint density at radius 1 is 1.04 bits per heavy atom. The van der Waals surface area contributed by atoms with Crippen LogP contribution in [0.4, 0.5) is 0 Å². The molecule has 0 saturated carbocycles. The number of benzene rings is 2. The van der Waals surface area contributed by atoms with Gasteiger partial charge in [0.05, 0.1) is 9.75 Å². The normalized spacial score (nSPS) is 13.8. The van der Waals surface area contributed by atoms with Gasteiger partial charge in [-0.15, -0.1) is 22.7 Å². The maximum atomic E-state index is 12.2. The van der Waals surface area contributed by atoms with Crippen molar-refractivity contribution in [2.24, 2.45) is 0 Å². The van der Waals surface area contributed by atoms with Gasteiger partial charge in [-0.2, -0.15) is 0 Å². The zero-order valence-corrected chi connectivity index (χ0v) is 17.2. The van der Waals surface area contributed by atoms with E-state index in [1.165, 1.54) is 22.7 Å². The Balaban J connectivity index is 1.90. The summed E-state index contributed by atoms with van der Waals surface area (Å²) < 4.78 is 3.12. The molecule has 0 fully saturated rings. The van der Waals surface area contributed by atoms with E-state index in [9.17, 15) is 9.90 Å². The fraction of sp³-hybridized carbons (Fsp3) is 0.150. The largest absolute Gasteiger partial charge is 0.362 e. The summed E-state index contributed by atoms with van der Waals surface area (Å²) in [5.74, 6) is -0.191. The highest BCUT2D eigenvalue weighted by atomic mass is 79.9. The number of aliphatic hydroxyl groups is 1. The molecule has 2 heterocycles. The highest BCUT2D eigenvalue weighted by Gasteiger charge is 2.36. The zero-order valence-electron chi connectivity index (χ0n) is 14.0. The number of nitrogens with one attached hydrogen (secondary N) is 1. The molecule has 4 aromatic rings. The van der Waals surface area contributed by atoms with Crippen LogP contribution >= 0.6 is 38.6 Å². The molecule has 1 amide bonds. The molecule has 2 N–H and O–H groups in total. The van der Waals surface area contributed by atoms with E-state index in [1.807, 2.05) is 54.6 Å². The van der Waals surface area contributed by atoms with Crippen molar-refractivity contribution in [2.75, 3.05) is 0 Å². The quantitative estimate of drug-likeness (QED) is 0.401. The number of carbonyl (C=O) groups is 1. The molecule has 4 rings (SSSR count). The molecule has 0 radical (unpaired) electrons. The molecule has 0 saturated heterocycles. The maximum absolute atomic E-state index is 12.2. The first kappa shape index (κ1) is 17.7. The molecule has 1 unspecified atom stereocenters. The first-order chi connectivity index (χ1) is 12.5.